The number of carbonyl (C=O) groups excluding carboxylic acids is 1. The first-order valence-corrected chi connectivity index (χ1v) is 6.21. The summed E-state index contributed by atoms with van der Waals surface area (Å²) in [7, 11) is 0. The molecule has 88 valence electrons. The van der Waals surface area contributed by atoms with E-state index in [4.69, 9.17) is 0 Å². The van der Waals surface area contributed by atoms with Gasteiger partial charge < -0.3 is 0 Å². The minimum Gasteiger partial charge on any atom is -0.295 e. The highest BCUT2D eigenvalue weighted by atomic mass is 16.1. The Kier molecular flexibility index (Phi) is 3.92. The topological polar surface area (TPSA) is 17.1 Å². The van der Waals surface area contributed by atoms with Crippen molar-refractivity contribution in [1.29, 1.82) is 0 Å². The number of Topliss-reactive ketones (excluding diaryl/α,β-unsaturated/α-hetero) is 1. The second-order valence-corrected chi connectivity index (χ2v) is 4.49. The van der Waals surface area contributed by atoms with E-state index in [1.54, 1.807) is 0 Å². The van der Waals surface area contributed by atoms with Crippen LogP contribution in [-0.2, 0) is 11.2 Å². The van der Waals surface area contributed by atoms with Crippen LogP contribution in [0.5, 0.6) is 0 Å². The molecule has 1 nitrogen and oxygen atoms in total. The number of hydrogen-bond donors (Lipinski definition) is 0. The normalized spacial score (nSPS) is 18.8. The Morgan fingerprint density at radius 3 is 2.82 bits per heavy atom. The van der Waals surface area contributed by atoms with Gasteiger partial charge in [-0.25, -0.2) is 0 Å². The summed E-state index contributed by atoms with van der Waals surface area (Å²) < 4.78 is 0. The van der Waals surface area contributed by atoms with Crippen molar-refractivity contribution in [2.45, 2.75) is 25.7 Å². The minimum atomic E-state index is 0.288. The van der Waals surface area contributed by atoms with E-state index >= 15 is 0 Å². The summed E-state index contributed by atoms with van der Waals surface area (Å²) >= 11 is 0. The van der Waals surface area contributed by atoms with Gasteiger partial charge in [-0.3, -0.25) is 4.79 Å². The van der Waals surface area contributed by atoms with E-state index in [1.807, 2.05) is 24.3 Å². The Morgan fingerprint density at radius 1 is 1.35 bits per heavy atom. The molecule has 1 atom stereocenters. The first-order valence-electron chi connectivity index (χ1n) is 6.21. The van der Waals surface area contributed by atoms with Crippen molar-refractivity contribution in [3.05, 3.63) is 60.2 Å². The fourth-order valence-corrected chi connectivity index (χ4v) is 2.34. The molecule has 2 rings (SSSR count). The van der Waals surface area contributed by atoms with Gasteiger partial charge in [0.2, 0.25) is 0 Å². The van der Waals surface area contributed by atoms with E-state index in [0.717, 1.165) is 24.8 Å². The van der Waals surface area contributed by atoms with Crippen LogP contribution < -0.4 is 0 Å². The Balaban J connectivity index is 1.92. The van der Waals surface area contributed by atoms with Crippen LogP contribution in [-0.4, -0.2) is 5.78 Å². The predicted molar refractivity (Wildman–Crippen MR) is 70.8 cm³/mol. The number of ketones is 1. The lowest BCUT2D eigenvalue weighted by Crippen LogP contribution is -2.08. The van der Waals surface area contributed by atoms with Crippen molar-refractivity contribution in [3.63, 3.8) is 0 Å². The molecule has 0 saturated heterocycles. The largest absolute Gasteiger partial charge is 0.295 e. The van der Waals surface area contributed by atoms with Crippen LogP contribution in [0.2, 0.25) is 0 Å². The van der Waals surface area contributed by atoms with Gasteiger partial charge >= 0.3 is 0 Å². The third-order valence-electron chi connectivity index (χ3n) is 3.33. The lowest BCUT2D eigenvalue weighted by molar-refractivity contribution is -0.115. The summed E-state index contributed by atoms with van der Waals surface area (Å²) in [5, 5.41) is 0. The number of rotatable bonds is 5. The highest BCUT2D eigenvalue weighted by Gasteiger charge is 2.21. The number of hydrogen-bond acceptors (Lipinski definition) is 1. The molecular formula is C16H18O. The zero-order valence-electron chi connectivity index (χ0n) is 10.1. The van der Waals surface area contributed by atoms with E-state index < -0.39 is 0 Å². The highest BCUT2D eigenvalue weighted by Crippen LogP contribution is 2.28. The molecule has 1 heteroatoms. The fraction of sp³-hybridized carbons (Fsp3) is 0.312. The Bertz CT molecular complexity index is 428. The van der Waals surface area contributed by atoms with Gasteiger partial charge in [-0.15, -0.1) is 6.58 Å². The summed E-state index contributed by atoms with van der Waals surface area (Å²) in [5.41, 5.74) is 2.21. The van der Waals surface area contributed by atoms with Crippen LogP contribution in [0.1, 0.15) is 24.8 Å². The molecule has 17 heavy (non-hydrogen) atoms. The van der Waals surface area contributed by atoms with Gasteiger partial charge in [0.1, 0.15) is 0 Å². The molecule has 0 radical (unpaired) electrons. The summed E-state index contributed by atoms with van der Waals surface area (Å²) in [6.45, 7) is 3.80. The Morgan fingerprint density at radius 2 is 2.12 bits per heavy atom. The van der Waals surface area contributed by atoms with Crippen LogP contribution in [0.15, 0.2) is 54.6 Å². The smallest absolute Gasteiger partial charge is 0.159 e. The molecule has 0 aliphatic heterocycles. The fourth-order valence-electron chi connectivity index (χ4n) is 2.34. The first kappa shape index (κ1) is 11.8. The van der Waals surface area contributed by atoms with E-state index in [-0.39, 0.29) is 5.78 Å². The quantitative estimate of drug-likeness (QED) is 0.699. The average Bonchev–Trinajstić information content (AvgIpc) is 2.85. The molecule has 0 saturated carbocycles. The second kappa shape index (κ2) is 5.62. The number of allylic oxidation sites excluding steroid dienone is 3. The first-order chi connectivity index (χ1) is 8.31. The monoisotopic (exact) mass is 226 g/mol. The molecular weight excluding hydrogens is 208 g/mol. The van der Waals surface area contributed by atoms with Crippen LogP contribution in [0.3, 0.4) is 0 Å². The molecule has 1 aliphatic carbocycles. The molecule has 0 spiro atoms. The number of aryl methyl sites for hydroxylation is 1. The SMILES string of the molecule is C=CC1CCC=C1C(=O)CCc1ccccc1. The van der Waals surface area contributed by atoms with Crippen molar-refractivity contribution < 1.29 is 4.79 Å². The van der Waals surface area contributed by atoms with E-state index in [9.17, 15) is 4.79 Å². The van der Waals surface area contributed by atoms with Gasteiger partial charge in [-0.05, 0) is 30.4 Å². The minimum absolute atomic E-state index is 0.288. The van der Waals surface area contributed by atoms with Gasteiger partial charge in [0.25, 0.3) is 0 Å². The van der Waals surface area contributed by atoms with Crippen LogP contribution >= 0.6 is 0 Å². The van der Waals surface area contributed by atoms with Gasteiger partial charge in [-0.1, -0.05) is 42.5 Å². The van der Waals surface area contributed by atoms with E-state index in [1.165, 1.54) is 5.56 Å². The summed E-state index contributed by atoms with van der Waals surface area (Å²) in [5.74, 6) is 0.578. The van der Waals surface area contributed by atoms with Crippen molar-refractivity contribution in [1.82, 2.24) is 0 Å². The predicted octanol–water partition coefficient (Wildman–Crippen LogP) is 3.71. The van der Waals surface area contributed by atoms with Crippen LogP contribution in [0.4, 0.5) is 0 Å². The zero-order chi connectivity index (χ0) is 12.1. The molecule has 0 fully saturated rings. The Labute approximate surface area is 103 Å². The molecule has 1 aromatic carbocycles. The van der Waals surface area contributed by atoms with Crippen molar-refractivity contribution in [2.24, 2.45) is 5.92 Å². The van der Waals surface area contributed by atoms with Crippen molar-refractivity contribution >= 4 is 5.78 Å². The van der Waals surface area contributed by atoms with E-state index in [0.29, 0.717) is 12.3 Å². The van der Waals surface area contributed by atoms with Crippen molar-refractivity contribution in [3.8, 4) is 0 Å². The highest BCUT2D eigenvalue weighted by molar-refractivity contribution is 5.96. The average molecular weight is 226 g/mol. The maximum absolute atomic E-state index is 12.1. The Hall–Kier alpha value is -1.63. The third-order valence-corrected chi connectivity index (χ3v) is 3.33. The third kappa shape index (κ3) is 2.94. The van der Waals surface area contributed by atoms with Crippen molar-refractivity contribution in [2.75, 3.05) is 0 Å². The molecule has 0 bridgehead atoms. The lowest BCUT2D eigenvalue weighted by Gasteiger charge is -2.08. The summed E-state index contributed by atoms with van der Waals surface area (Å²) in [4.78, 5) is 12.1. The zero-order valence-corrected chi connectivity index (χ0v) is 10.1. The van der Waals surface area contributed by atoms with E-state index in [2.05, 4.69) is 24.8 Å². The van der Waals surface area contributed by atoms with Gasteiger partial charge in [0.15, 0.2) is 5.78 Å². The number of benzene rings is 1. The molecule has 1 aliphatic rings. The molecule has 1 aromatic rings. The molecule has 0 aromatic heterocycles. The molecule has 1 unspecified atom stereocenters. The summed E-state index contributed by atoms with van der Waals surface area (Å²) in [6.07, 6.45) is 7.50. The lowest BCUT2D eigenvalue weighted by atomic mass is 9.95. The van der Waals surface area contributed by atoms with Crippen LogP contribution in [0.25, 0.3) is 0 Å². The number of carbonyl (C=O) groups is 1. The molecule has 0 N–H and O–H groups in total. The van der Waals surface area contributed by atoms with Gasteiger partial charge in [-0.2, -0.15) is 0 Å². The maximum Gasteiger partial charge on any atom is 0.159 e. The molecule has 0 heterocycles. The summed E-state index contributed by atoms with van der Waals surface area (Å²) in [6, 6.07) is 10.2. The standard InChI is InChI=1S/C16H18O/c1-2-14-9-6-10-15(14)16(17)12-11-13-7-4-3-5-8-13/h2-5,7-8,10,14H,1,6,9,11-12H2. The second-order valence-electron chi connectivity index (χ2n) is 4.49. The van der Waals surface area contributed by atoms with Crippen LogP contribution in [0, 0.1) is 5.92 Å². The molecule has 0 amide bonds. The van der Waals surface area contributed by atoms with Gasteiger partial charge in [0, 0.05) is 12.3 Å². The van der Waals surface area contributed by atoms with Gasteiger partial charge in [0.05, 0.1) is 0 Å². The maximum atomic E-state index is 12.1.